The Kier molecular flexibility index (Phi) is 3.12. The van der Waals surface area contributed by atoms with Gasteiger partial charge in [-0.05, 0) is 41.1 Å². The Bertz CT molecular complexity index is 501. The van der Waals surface area contributed by atoms with E-state index < -0.39 is 0 Å². The highest BCUT2D eigenvalue weighted by atomic mass is 79.9. The van der Waals surface area contributed by atoms with Gasteiger partial charge in [0.05, 0.1) is 6.61 Å². The van der Waals surface area contributed by atoms with Crippen LogP contribution in [0.5, 0.6) is 5.75 Å². The second-order valence-corrected chi connectivity index (χ2v) is 4.25. The number of hydrogen-bond acceptors (Lipinski definition) is 2. The van der Waals surface area contributed by atoms with E-state index in [-0.39, 0.29) is 0 Å². The maximum absolute atomic E-state index is 6.01. The highest BCUT2D eigenvalue weighted by molar-refractivity contribution is 9.10. The van der Waals surface area contributed by atoms with Crippen LogP contribution in [0.3, 0.4) is 0 Å². The van der Waals surface area contributed by atoms with E-state index in [1.807, 2.05) is 25.1 Å². The van der Waals surface area contributed by atoms with Gasteiger partial charge in [0.25, 0.3) is 0 Å². The molecule has 1 aromatic heterocycles. The van der Waals surface area contributed by atoms with Gasteiger partial charge in [0, 0.05) is 21.4 Å². The summed E-state index contributed by atoms with van der Waals surface area (Å²) in [6, 6.07) is 5.80. The van der Waals surface area contributed by atoms with Gasteiger partial charge in [0.15, 0.2) is 0 Å². The molecule has 0 aliphatic carbocycles. The highest BCUT2D eigenvalue weighted by Crippen LogP contribution is 2.30. The first-order valence-corrected chi connectivity index (χ1v) is 5.76. The Morgan fingerprint density at radius 3 is 2.93 bits per heavy atom. The molecule has 0 N–H and O–H groups in total. The van der Waals surface area contributed by atoms with Gasteiger partial charge in [-0.2, -0.15) is 0 Å². The van der Waals surface area contributed by atoms with Crippen molar-refractivity contribution in [3.8, 4) is 5.75 Å². The van der Waals surface area contributed by atoms with E-state index in [2.05, 4.69) is 20.9 Å². The minimum atomic E-state index is 0.495. The molecule has 0 amide bonds. The van der Waals surface area contributed by atoms with E-state index in [1.54, 1.807) is 6.20 Å². The van der Waals surface area contributed by atoms with Crippen molar-refractivity contribution < 1.29 is 4.74 Å². The first-order valence-electron chi connectivity index (χ1n) is 4.59. The number of ether oxygens (including phenoxy) is 1. The summed E-state index contributed by atoms with van der Waals surface area (Å²) in [6.45, 7) is 2.59. The van der Waals surface area contributed by atoms with Crippen LogP contribution in [-0.4, -0.2) is 11.6 Å². The minimum Gasteiger partial charge on any atom is -0.494 e. The van der Waals surface area contributed by atoms with Crippen molar-refractivity contribution in [2.75, 3.05) is 6.61 Å². The maximum atomic E-state index is 6.01. The molecule has 0 aliphatic rings. The van der Waals surface area contributed by atoms with Crippen LogP contribution in [0.2, 0.25) is 5.15 Å². The normalized spacial score (nSPS) is 10.6. The maximum Gasteiger partial charge on any atom is 0.137 e. The summed E-state index contributed by atoms with van der Waals surface area (Å²) >= 11 is 9.45. The first-order chi connectivity index (χ1) is 7.22. The average molecular weight is 287 g/mol. The van der Waals surface area contributed by atoms with Crippen molar-refractivity contribution in [1.82, 2.24) is 4.98 Å². The lowest BCUT2D eigenvalue weighted by Gasteiger charge is -2.06. The van der Waals surface area contributed by atoms with Crippen molar-refractivity contribution in [3.63, 3.8) is 0 Å². The van der Waals surface area contributed by atoms with Crippen LogP contribution in [0.15, 0.2) is 28.9 Å². The molecule has 0 saturated carbocycles. The first kappa shape index (κ1) is 10.7. The SMILES string of the molecule is CCOc1ccc2c(Br)cnc(Cl)c2c1. The number of halogens is 2. The van der Waals surface area contributed by atoms with Gasteiger partial charge >= 0.3 is 0 Å². The molecule has 1 heterocycles. The largest absolute Gasteiger partial charge is 0.494 e. The number of rotatable bonds is 2. The molecule has 0 spiro atoms. The minimum absolute atomic E-state index is 0.495. The van der Waals surface area contributed by atoms with Crippen molar-refractivity contribution in [2.24, 2.45) is 0 Å². The lowest BCUT2D eigenvalue weighted by Crippen LogP contribution is -1.91. The summed E-state index contributed by atoms with van der Waals surface area (Å²) in [4.78, 5) is 4.07. The van der Waals surface area contributed by atoms with Crippen molar-refractivity contribution in [2.45, 2.75) is 6.92 Å². The average Bonchev–Trinajstić information content (AvgIpc) is 2.24. The van der Waals surface area contributed by atoms with Gasteiger partial charge in [-0.15, -0.1) is 0 Å². The van der Waals surface area contributed by atoms with Crippen molar-refractivity contribution in [1.29, 1.82) is 0 Å². The molecule has 0 bridgehead atoms. The molecular formula is C11H9BrClNO. The fourth-order valence-corrected chi connectivity index (χ4v) is 2.06. The van der Waals surface area contributed by atoms with E-state index in [0.717, 1.165) is 21.0 Å². The van der Waals surface area contributed by atoms with Crippen LogP contribution in [0, 0.1) is 0 Å². The Morgan fingerprint density at radius 2 is 2.20 bits per heavy atom. The molecule has 78 valence electrons. The van der Waals surface area contributed by atoms with Gasteiger partial charge in [-0.25, -0.2) is 4.98 Å². The molecule has 0 fully saturated rings. The molecule has 2 rings (SSSR count). The quantitative estimate of drug-likeness (QED) is 0.777. The van der Waals surface area contributed by atoms with Gasteiger partial charge in [-0.1, -0.05) is 11.6 Å². The predicted octanol–water partition coefficient (Wildman–Crippen LogP) is 4.05. The van der Waals surface area contributed by atoms with Crippen LogP contribution < -0.4 is 4.74 Å². The molecule has 2 nitrogen and oxygen atoms in total. The number of fused-ring (bicyclic) bond motifs is 1. The topological polar surface area (TPSA) is 22.1 Å². The second kappa shape index (κ2) is 4.37. The molecule has 0 atom stereocenters. The number of nitrogens with zero attached hydrogens (tertiary/aromatic N) is 1. The molecule has 2 aromatic rings. The van der Waals surface area contributed by atoms with Crippen LogP contribution >= 0.6 is 27.5 Å². The van der Waals surface area contributed by atoms with E-state index in [1.165, 1.54) is 0 Å². The summed E-state index contributed by atoms with van der Waals surface area (Å²) in [5, 5.41) is 2.44. The summed E-state index contributed by atoms with van der Waals surface area (Å²) in [7, 11) is 0. The summed E-state index contributed by atoms with van der Waals surface area (Å²) in [5.41, 5.74) is 0. The molecule has 0 aliphatic heterocycles. The standard InChI is InChI=1S/C11H9BrClNO/c1-2-15-7-3-4-8-9(5-7)11(13)14-6-10(8)12/h3-6H,2H2,1H3. The molecule has 0 unspecified atom stereocenters. The van der Waals surface area contributed by atoms with Crippen molar-refractivity contribution in [3.05, 3.63) is 34.0 Å². The lowest BCUT2D eigenvalue weighted by atomic mass is 10.2. The zero-order chi connectivity index (χ0) is 10.8. The summed E-state index contributed by atoms with van der Waals surface area (Å²) < 4.78 is 6.34. The smallest absolute Gasteiger partial charge is 0.137 e. The van der Waals surface area contributed by atoms with E-state index in [0.29, 0.717) is 11.8 Å². The van der Waals surface area contributed by atoms with Crippen LogP contribution in [0.25, 0.3) is 10.8 Å². The fraction of sp³-hybridized carbons (Fsp3) is 0.182. The number of hydrogen-bond donors (Lipinski definition) is 0. The fourth-order valence-electron chi connectivity index (χ4n) is 1.41. The molecular weight excluding hydrogens is 277 g/mol. The predicted molar refractivity (Wildman–Crippen MR) is 65.6 cm³/mol. The molecule has 4 heteroatoms. The number of pyridine rings is 1. The van der Waals surface area contributed by atoms with Crippen LogP contribution in [-0.2, 0) is 0 Å². The van der Waals surface area contributed by atoms with E-state index in [9.17, 15) is 0 Å². The van der Waals surface area contributed by atoms with Gasteiger partial charge < -0.3 is 4.74 Å². The third-order valence-electron chi connectivity index (χ3n) is 2.07. The number of benzene rings is 1. The molecule has 0 saturated heterocycles. The zero-order valence-electron chi connectivity index (χ0n) is 8.13. The third kappa shape index (κ3) is 2.08. The van der Waals surface area contributed by atoms with E-state index >= 15 is 0 Å². The molecule has 0 radical (unpaired) electrons. The summed E-state index contributed by atoms with van der Waals surface area (Å²) in [6.07, 6.45) is 1.70. The van der Waals surface area contributed by atoms with Gasteiger partial charge in [0.2, 0.25) is 0 Å². The van der Waals surface area contributed by atoms with Crippen LogP contribution in [0.1, 0.15) is 6.92 Å². The Morgan fingerprint density at radius 1 is 1.40 bits per heavy atom. The Hall–Kier alpha value is -0.800. The van der Waals surface area contributed by atoms with Crippen LogP contribution in [0.4, 0.5) is 0 Å². The molecule has 15 heavy (non-hydrogen) atoms. The second-order valence-electron chi connectivity index (χ2n) is 3.04. The molecule has 1 aromatic carbocycles. The third-order valence-corrected chi connectivity index (χ3v) is 3.01. The lowest BCUT2D eigenvalue weighted by molar-refractivity contribution is 0.340. The van der Waals surface area contributed by atoms with Crippen molar-refractivity contribution >= 4 is 38.3 Å². The van der Waals surface area contributed by atoms with E-state index in [4.69, 9.17) is 16.3 Å². The van der Waals surface area contributed by atoms with Gasteiger partial charge in [0.1, 0.15) is 10.9 Å². The summed E-state index contributed by atoms with van der Waals surface area (Å²) in [5.74, 6) is 0.812. The van der Waals surface area contributed by atoms with Gasteiger partial charge in [-0.3, -0.25) is 0 Å². The Balaban J connectivity index is 2.65. The number of aromatic nitrogens is 1. The Labute approximate surface area is 101 Å². The highest BCUT2D eigenvalue weighted by Gasteiger charge is 2.05. The monoisotopic (exact) mass is 285 g/mol. The zero-order valence-corrected chi connectivity index (χ0v) is 10.5.